The van der Waals surface area contributed by atoms with E-state index in [1.807, 2.05) is 49.5 Å². The van der Waals surface area contributed by atoms with Crippen molar-refractivity contribution in [2.24, 2.45) is 0 Å². The van der Waals surface area contributed by atoms with Gasteiger partial charge in [0.2, 0.25) is 0 Å². The Balaban J connectivity index is 1.61. The molecule has 0 atom stereocenters. The number of aromatic nitrogens is 3. The van der Waals surface area contributed by atoms with E-state index in [-0.39, 0.29) is 0 Å². The summed E-state index contributed by atoms with van der Waals surface area (Å²) in [5.74, 6) is 1.79. The lowest BCUT2D eigenvalue weighted by atomic mass is 10.2. The van der Waals surface area contributed by atoms with E-state index in [0.29, 0.717) is 6.54 Å². The number of hydrogen-bond acceptors (Lipinski definition) is 6. The first-order valence-electron chi connectivity index (χ1n) is 7.78. The highest BCUT2D eigenvalue weighted by Crippen LogP contribution is 2.19. The van der Waals surface area contributed by atoms with Gasteiger partial charge in [0.25, 0.3) is 0 Å². The van der Waals surface area contributed by atoms with E-state index in [1.165, 1.54) is 0 Å². The minimum Gasteiger partial charge on any atom is -0.363 e. The molecule has 3 aromatic heterocycles. The van der Waals surface area contributed by atoms with Gasteiger partial charge < -0.3 is 9.42 Å². The Kier molecular flexibility index (Phi) is 4.86. The molecular formula is C18H21N5O. The standard InChI is InChI=1S/C18H21N5O/c1-22(2)18-5-4-14(11-20-18)12-23(3)13-16-10-17(21-24-16)15-6-8-19-9-7-15/h4-11H,12-13H2,1-3H3. The summed E-state index contributed by atoms with van der Waals surface area (Å²) >= 11 is 0. The maximum atomic E-state index is 5.44. The molecule has 3 heterocycles. The molecule has 3 rings (SSSR count). The fourth-order valence-electron chi connectivity index (χ4n) is 2.45. The molecule has 0 aliphatic heterocycles. The third-order valence-corrected chi connectivity index (χ3v) is 3.68. The van der Waals surface area contributed by atoms with Gasteiger partial charge in [-0.05, 0) is 30.8 Å². The maximum Gasteiger partial charge on any atom is 0.151 e. The lowest BCUT2D eigenvalue weighted by Gasteiger charge is -2.16. The van der Waals surface area contributed by atoms with Crippen LogP contribution < -0.4 is 4.90 Å². The molecule has 0 bridgehead atoms. The first kappa shape index (κ1) is 16.1. The number of nitrogens with zero attached hydrogens (tertiary/aromatic N) is 5. The molecule has 0 radical (unpaired) electrons. The third kappa shape index (κ3) is 3.97. The van der Waals surface area contributed by atoms with Gasteiger partial charge in [0.1, 0.15) is 11.5 Å². The zero-order valence-electron chi connectivity index (χ0n) is 14.2. The maximum absolute atomic E-state index is 5.44. The Morgan fingerprint density at radius 3 is 2.46 bits per heavy atom. The Hall–Kier alpha value is -2.73. The van der Waals surface area contributed by atoms with Crippen molar-refractivity contribution in [1.29, 1.82) is 0 Å². The van der Waals surface area contributed by atoms with Gasteiger partial charge in [0.15, 0.2) is 5.76 Å². The molecule has 0 aromatic carbocycles. The summed E-state index contributed by atoms with van der Waals surface area (Å²) in [5, 5.41) is 4.13. The van der Waals surface area contributed by atoms with Crippen molar-refractivity contribution < 1.29 is 4.52 Å². The van der Waals surface area contributed by atoms with E-state index in [0.717, 1.165) is 34.9 Å². The minimum atomic E-state index is 0.688. The average molecular weight is 323 g/mol. The molecular weight excluding hydrogens is 302 g/mol. The van der Waals surface area contributed by atoms with Crippen molar-refractivity contribution in [3.05, 3.63) is 60.2 Å². The molecule has 6 nitrogen and oxygen atoms in total. The molecule has 6 heteroatoms. The number of hydrogen-bond donors (Lipinski definition) is 0. The Bertz CT molecular complexity index is 768. The number of pyridine rings is 2. The van der Waals surface area contributed by atoms with E-state index in [1.54, 1.807) is 12.4 Å². The molecule has 24 heavy (non-hydrogen) atoms. The van der Waals surface area contributed by atoms with Crippen LogP contribution in [0.5, 0.6) is 0 Å². The van der Waals surface area contributed by atoms with Crippen molar-refractivity contribution in [1.82, 2.24) is 20.0 Å². The minimum absolute atomic E-state index is 0.688. The normalized spacial score (nSPS) is 11.0. The predicted molar refractivity (Wildman–Crippen MR) is 93.5 cm³/mol. The molecule has 0 amide bonds. The fourth-order valence-corrected chi connectivity index (χ4v) is 2.45. The van der Waals surface area contributed by atoms with Crippen molar-refractivity contribution in [3.63, 3.8) is 0 Å². The highest BCUT2D eigenvalue weighted by molar-refractivity contribution is 5.57. The van der Waals surface area contributed by atoms with E-state index >= 15 is 0 Å². The highest BCUT2D eigenvalue weighted by atomic mass is 16.5. The molecule has 3 aromatic rings. The van der Waals surface area contributed by atoms with Gasteiger partial charge in [-0.1, -0.05) is 11.2 Å². The largest absolute Gasteiger partial charge is 0.363 e. The summed E-state index contributed by atoms with van der Waals surface area (Å²) in [6, 6.07) is 9.94. The van der Waals surface area contributed by atoms with Crippen molar-refractivity contribution >= 4 is 5.82 Å². The van der Waals surface area contributed by atoms with Crippen molar-refractivity contribution in [2.45, 2.75) is 13.1 Å². The molecule has 0 aliphatic carbocycles. The van der Waals surface area contributed by atoms with Gasteiger partial charge in [0, 0.05) is 50.9 Å². The SMILES string of the molecule is CN(Cc1ccc(N(C)C)nc1)Cc1cc(-c2ccncc2)no1. The van der Waals surface area contributed by atoms with E-state index in [2.05, 4.69) is 33.1 Å². The number of rotatable bonds is 6. The third-order valence-electron chi connectivity index (χ3n) is 3.68. The van der Waals surface area contributed by atoms with Crippen LogP contribution in [-0.2, 0) is 13.1 Å². The first-order valence-corrected chi connectivity index (χ1v) is 7.78. The van der Waals surface area contributed by atoms with Gasteiger partial charge in [-0.3, -0.25) is 9.88 Å². The predicted octanol–water partition coefficient (Wildman–Crippen LogP) is 2.83. The second-order valence-electron chi connectivity index (χ2n) is 6.01. The van der Waals surface area contributed by atoms with Crippen LogP contribution in [0.2, 0.25) is 0 Å². The van der Waals surface area contributed by atoms with Crippen LogP contribution in [0.3, 0.4) is 0 Å². The number of anilines is 1. The fraction of sp³-hybridized carbons (Fsp3) is 0.278. The molecule has 0 aliphatic rings. The summed E-state index contributed by atoms with van der Waals surface area (Å²) in [4.78, 5) is 12.6. The Labute approximate surface area is 141 Å². The van der Waals surface area contributed by atoms with Gasteiger partial charge >= 0.3 is 0 Å². The molecule has 0 fully saturated rings. The van der Waals surface area contributed by atoms with Crippen molar-refractivity contribution in [3.8, 4) is 11.3 Å². The summed E-state index contributed by atoms with van der Waals surface area (Å²) in [5.41, 5.74) is 3.00. The van der Waals surface area contributed by atoms with Crippen LogP contribution in [0.15, 0.2) is 53.4 Å². The van der Waals surface area contributed by atoms with Crippen LogP contribution in [0.25, 0.3) is 11.3 Å². The smallest absolute Gasteiger partial charge is 0.151 e. The monoisotopic (exact) mass is 323 g/mol. The van der Waals surface area contributed by atoms with Gasteiger partial charge in [-0.2, -0.15) is 0 Å². The molecule has 124 valence electrons. The van der Waals surface area contributed by atoms with Gasteiger partial charge in [-0.25, -0.2) is 4.98 Å². The van der Waals surface area contributed by atoms with Crippen LogP contribution in [0.1, 0.15) is 11.3 Å². The zero-order chi connectivity index (χ0) is 16.9. The lowest BCUT2D eigenvalue weighted by Crippen LogP contribution is -2.17. The summed E-state index contributed by atoms with van der Waals surface area (Å²) in [6.45, 7) is 1.49. The second-order valence-corrected chi connectivity index (χ2v) is 6.01. The van der Waals surface area contributed by atoms with Gasteiger partial charge in [-0.15, -0.1) is 0 Å². The molecule has 0 saturated carbocycles. The molecule has 0 N–H and O–H groups in total. The molecule has 0 saturated heterocycles. The summed E-state index contributed by atoms with van der Waals surface area (Å²) < 4.78 is 5.44. The van der Waals surface area contributed by atoms with Crippen molar-refractivity contribution in [2.75, 3.05) is 26.0 Å². The summed E-state index contributed by atoms with van der Waals surface area (Å²) in [6.07, 6.45) is 5.41. The Morgan fingerprint density at radius 1 is 1.00 bits per heavy atom. The van der Waals surface area contributed by atoms with Gasteiger partial charge in [0.05, 0.1) is 6.54 Å². The summed E-state index contributed by atoms with van der Waals surface area (Å²) in [7, 11) is 6.02. The molecule has 0 spiro atoms. The zero-order valence-corrected chi connectivity index (χ0v) is 14.2. The lowest BCUT2D eigenvalue weighted by molar-refractivity contribution is 0.267. The quantitative estimate of drug-likeness (QED) is 0.695. The van der Waals surface area contributed by atoms with Crippen LogP contribution >= 0.6 is 0 Å². The second kappa shape index (κ2) is 7.23. The van der Waals surface area contributed by atoms with E-state index in [4.69, 9.17) is 4.52 Å². The Morgan fingerprint density at radius 2 is 1.79 bits per heavy atom. The average Bonchev–Trinajstić information content (AvgIpc) is 3.04. The topological polar surface area (TPSA) is 58.3 Å². The van der Waals surface area contributed by atoms with E-state index < -0.39 is 0 Å². The van der Waals surface area contributed by atoms with E-state index in [9.17, 15) is 0 Å². The van der Waals surface area contributed by atoms with Crippen LogP contribution in [0, 0.1) is 0 Å². The molecule has 0 unspecified atom stereocenters. The highest BCUT2D eigenvalue weighted by Gasteiger charge is 2.09. The van der Waals surface area contributed by atoms with Crippen LogP contribution in [-0.4, -0.2) is 41.2 Å². The van der Waals surface area contributed by atoms with Crippen LogP contribution in [0.4, 0.5) is 5.82 Å². The first-order chi connectivity index (χ1) is 11.6.